The van der Waals surface area contributed by atoms with Gasteiger partial charge in [-0.15, -0.1) is 11.3 Å². The van der Waals surface area contributed by atoms with Crippen molar-refractivity contribution >= 4 is 51.1 Å². The molecule has 0 saturated heterocycles. The lowest BCUT2D eigenvalue weighted by Gasteiger charge is -2.19. The Morgan fingerprint density at radius 3 is 2.95 bits per heavy atom. The summed E-state index contributed by atoms with van der Waals surface area (Å²) in [5, 5.41) is 8.67. The number of benzene rings is 1. The Morgan fingerprint density at radius 2 is 2.23 bits per heavy atom. The third-order valence-electron chi connectivity index (χ3n) is 2.84. The Balaban J connectivity index is 2.25. The highest BCUT2D eigenvalue weighted by molar-refractivity contribution is 8.01. The normalized spacial score (nSPS) is 11.1. The van der Waals surface area contributed by atoms with Gasteiger partial charge in [0.05, 0.1) is 21.4 Å². The number of amides is 1. The minimum atomic E-state index is -1.13. The number of carboxylic acids is 1. The van der Waals surface area contributed by atoms with E-state index in [0.29, 0.717) is 0 Å². The van der Waals surface area contributed by atoms with Crippen LogP contribution in [0, 0.1) is 0 Å². The van der Waals surface area contributed by atoms with Crippen molar-refractivity contribution in [2.45, 2.75) is 19.8 Å². The van der Waals surface area contributed by atoms with Gasteiger partial charge in [-0.1, -0.05) is 13.3 Å². The number of carbonyl (C=O) groups is 2. The molecule has 0 unspecified atom stereocenters. The highest BCUT2D eigenvalue weighted by atomic mass is 32.2. The lowest BCUT2D eigenvalue weighted by Crippen LogP contribution is -2.22. The number of thiazole rings is 1. The lowest BCUT2D eigenvalue weighted by atomic mass is 10.3. The highest BCUT2D eigenvalue weighted by Crippen LogP contribution is 2.29. The first-order valence-electron chi connectivity index (χ1n) is 6.83. The van der Waals surface area contributed by atoms with Gasteiger partial charge >= 0.3 is 5.97 Å². The molecule has 0 spiro atoms. The molecule has 0 aliphatic carbocycles. The van der Waals surface area contributed by atoms with Gasteiger partial charge in [0.2, 0.25) is 0 Å². The molecule has 5 nitrogen and oxygen atoms in total. The van der Waals surface area contributed by atoms with Gasteiger partial charge in [0.15, 0.2) is 0 Å². The second-order valence-corrected chi connectivity index (χ2v) is 6.41. The van der Waals surface area contributed by atoms with Crippen LogP contribution in [0.1, 0.15) is 19.8 Å². The predicted molar refractivity (Wildman–Crippen MR) is 91.2 cm³/mol. The first-order valence-corrected chi connectivity index (χ1v) is 8.65. The number of aliphatic carboxylic acids is 1. The van der Waals surface area contributed by atoms with E-state index in [2.05, 4.69) is 11.9 Å². The maximum atomic E-state index is 12.3. The van der Waals surface area contributed by atoms with E-state index in [1.54, 1.807) is 5.51 Å². The van der Waals surface area contributed by atoms with Gasteiger partial charge in [0, 0.05) is 17.9 Å². The van der Waals surface area contributed by atoms with Gasteiger partial charge in [-0.3, -0.25) is 9.10 Å². The van der Waals surface area contributed by atoms with E-state index in [4.69, 9.17) is 5.11 Å². The van der Waals surface area contributed by atoms with Crippen LogP contribution in [0.5, 0.6) is 0 Å². The van der Waals surface area contributed by atoms with Crippen LogP contribution in [0.4, 0.5) is 5.69 Å². The van der Waals surface area contributed by atoms with Gasteiger partial charge in [-0.2, -0.15) is 0 Å². The van der Waals surface area contributed by atoms with Gasteiger partial charge in [0.25, 0.3) is 5.91 Å². The van der Waals surface area contributed by atoms with Crippen molar-refractivity contribution in [3.05, 3.63) is 35.9 Å². The van der Waals surface area contributed by atoms with Crippen molar-refractivity contribution in [2.75, 3.05) is 10.1 Å². The van der Waals surface area contributed by atoms with Crippen LogP contribution in [0.25, 0.3) is 10.2 Å². The van der Waals surface area contributed by atoms with E-state index in [9.17, 15) is 9.59 Å². The fourth-order valence-corrected chi connectivity index (χ4v) is 3.51. The topological polar surface area (TPSA) is 70.5 Å². The summed E-state index contributed by atoms with van der Waals surface area (Å²) in [5.74, 6) is -0.693. The Labute approximate surface area is 136 Å². The smallest absolute Gasteiger partial charge is 0.328 e. The fraction of sp³-hybridized carbons (Fsp3) is 0.267. The number of unbranched alkanes of at least 4 members (excludes halogenated alkanes) is 1. The molecule has 1 N–H and O–H groups in total. The van der Waals surface area contributed by atoms with Crippen LogP contribution in [0.3, 0.4) is 0 Å². The number of hydrogen-bond donors (Lipinski definition) is 1. The van der Waals surface area contributed by atoms with Gasteiger partial charge in [-0.05, 0) is 36.6 Å². The zero-order valence-corrected chi connectivity index (χ0v) is 13.7. The predicted octanol–water partition coefficient (Wildman–Crippen LogP) is 3.72. The molecule has 0 radical (unpaired) electrons. The van der Waals surface area contributed by atoms with Gasteiger partial charge in [-0.25, -0.2) is 9.78 Å². The van der Waals surface area contributed by atoms with E-state index in [-0.39, 0.29) is 5.91 Å². The number of hydrogen-bond acceptors (Lipinski definition) is 5. The first-order chi connectivity index (χ1) is 10.6. The molecule has 0 bridgehead atoms. The van der Waals surface area contributed by atoms with Gasteiger partial charge in [0.1, 0.15) is 0 Å². The molecule has 7 heteroatoms. The van der Waals surface area contributed by atoms with Crippen LogP contribution in [-0.2, 0) is 9.59 Å². The number of fused-ring (bicyclic) bond motifs is 1. The molecule has 2 aromatic rings. The average Bonchev–Trinajstić information content (AvgIpc) is 2.96. The van der Waals surface area contributed by atoms with Crippen molar-refractivity contribution in [1.82, 2.24) is 4.98 Å². The van der Waals surface area contributed by atoms with E-state index in [0.717, 1.165) is 46.7 Å². The first kappa shape index (κ1) is 16.5. The molecule has 1 aromatic heterocycles. The summed E-state index contributed by atoms with van der Waals surface area (Å²) in [6.45, 7) is 2.08. The maximum Gasteiger partial charge on any atom is 0.328 e. The average molecular weight is 336 g/mol. The van der Waals surface area contributed by atoms with Gasteiger partial charge < -0.3 is 5.11 Å². The van der Waals surface area contributed by atoms with Crippen LogP contribution in [-0.4, -0.2) is 27.7 Å². The Hall–Kier alpha value is -1.86. The van der Waals surface area contributed by atoms with Crippen LogP contribution < -0.4 is 4.31 Å². The number of aromatic nitrogens is 1. The molecule has 0 aliphatic heterocycles. The molecule has 1 amide bonds. The molecule has 116 valence electrons. The lowest BCUT2D eigenvalue weighted by molar-refractivity contribution is -0.131. The zero-order chi connectivity index (χ0) is 15.9. The monoisotopic (exact) mass is 336 g/mol. The molecule has 1 aromatic carbocycles. The largest absolute Gasteiger partial charge is 0.478 e. The molecule has 2 rings (SSSR count). The minimum absolute atomic E-state index is 0.354. The second-order valence-electron chi connectivity index (χ2n) is 4.50. The van der Waals surface area contributed by atoms with Crippen LogP contribution in [0.15, 0.2) is 35.9 Å². The molecule has 0 fully saturated rings. The summed E-state index contributed by atoms with van der Waals surface area (Å²) in [4.78, 5) is 27.1. The summed E-state index contributed by atoms with van der Waals surface area (Å²) >= 11 is 2.90. The van der Waals surface area contributed by atoms with E-state index < -0.39 is 5.97 Å². The Morgan fingerprint density at radius 1 is 1.41 bits per heavy atom. The second kappa shape index (κ2) is 7.95. The third kappa shape index (κ3) is 4.32. The van der Waals surface area contributed by atoms with Crippen molar-refractivity contribution in [1.29, 1.82) is 0 Å². The summed E-state index contributed by atoms with van der Waals surface area (Å²) in [7, 11) is 0. The molecule has 1 heterocycles. The fourth-order valence-electron chi connectivity index (χ4n) is 1.75. The summed E-state index contributed by atoms with van der Waals surface area (Å²) in [6.07, 6.45) is 3.97. The number of carbonyl (C=O) groups excluding carboxylic acids is 1. The number of nitrogens with zero attached hydrogens (tertiary/aromatic N) is 2. The highest BCUT2D eigenvalue weighted by Gasteiger charge is 2.15. The summed E-state index contributed by atoms with van der Waals surface area (Å²) in [5.41, 5.74) is 3.38. The standard InChI is InChI=1S/C15H16N2O3S2/c1-2-3-8-22-17(14(18)6-7-15(19)20)11-4-5-12-13(9-11)21-10-16-12/h4-7,9-10H,2-3,8H2,1H3,(H,19,20). The molecule has 22 heavy (non-hydrogen) atoms. The molecule has 0 aliphatic rings. The van der Waals surface area contributed by atoms with E-state index in [1.807, 2.05) is 18.2 Å². The summed E-state index contributed by atoms with van der Waals surface area (Å²) in [6, 6.07) is 5.59. The molecular weight excluding hydrogens is 320 g/mol. The quantitative estimate of drug-likeness (QED) is 0.474. The van der Waals surface area contributed by atoms with Crippen molar-refractivity contribution in [3.8, 4) is 0 Å². The third-order valence-corrected chi connectivity index (χ3v) is 4.75. The number of anilines is 1. The number of rotatable bonds is 7. The Kier molecular flexibility index (Phi) is 5.97. The SMILES string of the molecule is CCCCSN(C(=O)C=CC(=O)O)c1ccc2ncsc2c1. The van der Waals surface area contributed by atoms with E-state index >= 15 is 0 Å². The molecule has 0 atom stereocenters. The molecular formula is C15H16N2O3S2. The van der Waals surface area contributed by atoms with Crippen LogP contribution in [0.2, 0.25) is 0 Å². The van der Waals surface area contributed by atoms with Crippen molar-refractivity contribution in [3.63, 3.8) is 0 Å². The Bertz CT molecular complexity index is 697. The van der Waals surface area contributed by atoms with Crippen molar-refractivity contribution in [2.24, 2.45) is 0 Å². The number of carboxylic acid groups (broad SMARTS) is 1. The van der Waals surface area contributed by atoms with Crippen LogP contribution >= 0.6 is 23.3 Å². The summed E-state index contributed by atoms with van der Waals surface area (Å²) < 4.78 is 2.53. The van der Waals surface area contributed by atoms with E-state index in [1.165, 1.54) is 27.6 Å². The maximum absolute atomic E-state index is 12.3. The minimum Gasteiger partial charge on any atom is -0.478 e. The molecule has 0 saturated carbocycles. The zero-order valence-electron chi connectivity index (χ0n) is 12.1. The van der Waals surface area contributed by atoms with Crippen molar-refractivity contribution < 1.29 is 14.7 Å².